The van der Waals surface area contributed by atoms with Crippen LogP contribution in [0.25, 0.3) is 0 Å². The minimum atomic E-state index is -4.42. The fourth-order valence-electron chi connectivity index (χ4n) is 4.41. The average molecular weight is 463 g/mol. The average Bonchev–Trinajstić information content (AvgIpc) is 2.83. The van der Waals surface area contributed by atoms with E-state index in [0.29, 0.717) is 63.6 Å². The molecule has 2 aliphatic rings. The molecule has 33 heavy (non-hydrogen) atoms. The number of alkyl halides is 3. The Labute approximate surface area is 188 Å². The zero-order chi connectivity index (χ0) is 23.6. The predicted octanol–water partition coefficient (Wildman–Crippen LogP) is 3.57. The van der Waals surface area contributed by atoms with Crippen LogP contribution >= 0.6 is 0 Å². The Kier molecular flexibility index (Phi) is 6.39. The van der Waals surface area contributed by atoms with Crippen LogP contribution in [-0.4, -0.2) is 60.0 Å². The lowest BCUT2D eigenvalue weighted by Gasteiger charge is -2.39. The minimum absolute atomic E-state index is 0.0651. The number of carbonyl (C=O) groups is 1. The van der Waals surface area contributed by atoms with Crippen LogP contribution < -0.4 is 9.80 Å². The minimum Gasteiger partial charge on any atom is -0.366 e. The number of nitro groups is 1. The maximum atomic E-state index is 13.0. The summed E-state index contributed by atoms with van der Waals surface area (Å²) in [5.74, 6) is 0.393. The van der Waals surface area contributed by atoms with Crippen LogP contribution in [0.1, 0.15) is 18.4 Å². The zero-order valence-corrected chi connectivity index (χ0v) is 17.9. The molecule has 11 heteroatoms. The topological polar surface area (TPSA) is 82.8 Å². The Bertz CT molecular complexity index is 999. The summed E-state index contributed by atoms with van der Waals surface area (Å²) in [6.07, 6.45) is -2.35. The second-order valence-corrected chi connectivity index (χ2v) is 8.22. The summed E-state index contributed by atoms with van der Waals surface area (Å²) < 4.78 is 38.2. The monoisotopic (exact) mass is 463 g/mol. The van der Waals surface area contributed by atoms with Gasteiger partial charge in [0.1, 0.15) is 11.5 Å². The fraction of sp³-hybridized carbons (Fsp3) is 0.455. The fourth-order valence-corrected chi connectivity index (χ4v) is 4.41. The summed E-state index contributed by atoms with van der Waals surface area (Å²) in [5, 5.41) is 11.3. The van der Waals surface area contributed by atoms with E-state index < -0.39 is 16.7 Å². The number of piperidine rings is 1. The van der Waals surface area contributed by atoms with Crippen LogP contribution in [0.2, 0.25) is 0 Å². The zero-order valence-electron chi connectivity index (χ0n) is 17.9. The molecule has 1 aromatic heterocycles. The normalized spacial score (nSPS) is 17.8. The van der Waals surface area contributed by atoms with Crippen molar-refractivity contribution in [1.82, 2.24) is 9.88 Å². The summed E-state index contributed by atoms with van der Waals surface area (Å²) in [6.45, 7) is 3.09. The SMILES string of the molecule is O=C(C1CCN(c2ccccc2[N+](=O)[O-])CC1)N1CCN(c2ccc(C(F)(F)F)cn2)CC1. The maximum Gasteiger partial charge on any atom is 0.417 e. The number of pyridine rings is 1. The van der Waals surface area contributed by atoms with Crippen molar-refractivity contribution in [2.24, 2.45) is 5.92 Å². The molecule has 0 unspecified atom stereocenters. The van der Waals surface area contributed by atoms with E-state index in [9.17, 15) is 28.1 Å². The third kappa shape index (κ3) is 5.01. The molecule has 2 aromatic rings. The molecule has 2 fully saturated rings. The molecule has 0 spiro atoms. The first-order valence-electron chi connectivity index (χ1n) is 10.8. The van der Waals surface area contributed by atoms with Gasteiger partial charge in [-0.15, -0.1) is 0 Å². The number of aromatic nitrogens is 1. The van der Waals surface area contributed by atoms with Crippen molar-refractivity contribution >= 4 is 23.1 Å². The van der Waals surface area contributed by atoms with E-state index in [1.165, 1.54) is 12.1 Å². The van der Waals surface area contributed by atoms with Gasteiger partial charge in [0, 0.05) is 57.4 Å². The Balaban J connectivity index is 1.30. The molecule has 4 rings (SSSR count). The molecular formula is C22H24F3N5O3. The number of hydrogen-bond donors (Lipinski definition) is 0. The summed E-state index contributed by atoms with van der Waals surface area (Å²) >= 11 is 0. The van der Waals surface area contributed by atoms with Crippen molar-refractivity contribution in [2.75, 3.05) is 49.1 Å². The van der Waals surface area contributed by atoms with E-state index in [2.05, 4.69) is 4.98 Å². The van der Waals surface area contributed by atoms with Crippen molar-refractivity contribution in [3.05, 3.63) is 58.3 Å². The van der Waals surface area contributed by atoms with Crippen LogP contribution in [0.4, 0.5) is 30.4 Å². The van der Waals surface area contributed by atoms with Gasteiger partial charge in [-0.3, -0.25) is 14.9 Å². The first-order valence-corrected chi connectivity index (χ1v) is 10.8. The molecule has 0 saturated carbocycles. The van der Waals surface area contributed by atoms with Gasteiger partial charge >= 0.3 is 6.18 Å². The first-order chi connectivity index (χ1) is 15.7. The van der Waals surface area contributed by atoms with E-state index >= 15 is 0 Å². The van der Waals surface area contributed by atoms with Gasteiger partial charge in [0.15, 0.2) is 0 Å². The highest BCUT2D eigenvalue weighted by Gasteiger charge is 2.33. The number of hydrogen-bond acceptors (Lipinski definition) is 6. The number of amides is 1. The highest BCUT2D eigenvalue weighted by atomic mass is 19.4. The lowest BCUT2D eigenvalue weighted by atomic mass is 9.94. The van der Waals surface area contributed by atoms with Gasteiger partial charge in [-0.1, -0.05) is 12.1 Å². The number of benzene rings is 1. The third-order valence-corrected chi connectivity index (χ3v) is 6.25. The van der Waals surface area contributed by atoms with Crippen LogP contribution in [0.5, 0.6) is 0 Å². The largest absolute Gasteiger partial charge is 0.417 e. The Morgan fingerprint density at radius 3 is 2.21 bits per heavy atom. The summed E-state index contributed by atoms with van der Waals surface area (Å²) in [4.78, 5) is 33.5. The second kappa shape index (κ2) is 9.24. The van der Waals surface area contributed by atoms with Crippen LogP contribution in [0, 0.1) is 16.0 Å². The Hall–Kier alpha value is -3.37. The van der Waals surface area contributed by atoms with Crippen molar-refractivity contribution in [1.29, 1.82) is 0 Å². The molecule has 3 heterocycles. The van der Waals surface area contributed by atoms with Gasteiger partial charge in [0.2, 0.25) is 5.91 Å². The van der Waals surface area contributed by atoms with Gasteiger partial charge < -0.3 is 14.7 Å². The number of nitrogens with zero attached hydrogens (tertiary/aromatic N) is 5. The molecule has 0 aliphatic carbocycles. The van der Waals surface area contributed by atoms with Gasteiger partial charge in [0.25, 0.3) is 5.69 Å². The smallest absolute Gasteiger partial charge is 0.366 e. The Morgan fingerprint density at radius 2 is 1.64 bits per heavy atom. The maximum absolute atomic E-state index is 13.0. The first kappa shape index (κ1) is 22.8. The highest BCUT2D eigenvalue weighted by molar-refractivity contribution is 5.79. The third-order valence-electron chi connectivity index (χ3n) is 6.25. The molecule has 1 amide bonds. The summed E-state index contributed by atoms with van der Waals surface area (Å²) in [7, 11) is 0. The number of halogens is 3. The van der Waals surface area contributed by atoms with E-state index in [0.717, 1.165) is 12.3 Å². The van der Waals surface area contributed by atoms with Crippen LogP contribution in [0.15, 0.2) is 42.6 Å². The van der Waals surface area contributed by atoms with Crippen molar-refractivity contribution in [2.45, 2.75) is 19.0 Å². The lowest BCUT2D eigenvalue weighted by molar-refractivity contribution is -0.384. The van der Waals surface area contributed by atoms with Crippen molar-refractivity contribution in [3.63, 3.8) is 0 Å². The van der Waals surface area contributed by atoms with E-state index in [1.807, 2.05) is 9.80 Å². The number of piperazine rings is 1. The van der Waals surface area contributed by atoms with E-state index in [1.54, 1.807) is 23.1 Å². The lowest BCUT2D eigenvalue weighted by Crippen LogP contribution is -2.52. The molecule has 8 nitrogen and oxygen atoms in total. The van der Waals surface area contributed by atoms with Crippen LogP contribution in [0.3, 0.4) is 0 Å². The predicted molar refractivity (Wildman–Crippen MR) is 116 cm³/mol. The number of anilines is 2. The number of rotatable bonds is 4. The highest BCUT2D eigenvalue weighted by Crippen LogP contribution is 2.32. The van der Waals surface area contributed by atoms with Gasteiger partial charge in [0.05, 0.1) is 10.5 Å². The molecule has 2 aliphatic heterocycles. The molecular weight excluding hydrogens is 439 g/mol. The molecule has 2 saturated heterocycles. The van der Waals surface area contributed by atoms with Crippen molar-refractivity contribution in [3.8, 4) is 0 Å². The van der Waals surface area contributed by atoms with E-state index in [4.69, 9.17) is 0 Å². The van der Waals surface area contributed by atoms with Gasteiger partial charge in [-0.25, -0.2) is 4.98 Å². The van der Waals surface area contributed by atoms with Crippen LogP contribution in [-0.2, 0) is 11.0 Å². The standard InChI is InChI=1S/C22H24F3N5O3/c23-22(24,25)17-5-6-20(26-15-17)28-11-13-29(14-12-28)21(31)16-7-9-27(10-8-16)18-3-1-2-4-19(18)30(32)33/h1-6,15-16H,7-14H2. The molecule has 0 atom stereocenters. The number of carbonyl (C=O) groups excluding carboxylic acids is 1. The molecule has 1 aromatic carbocycles. The molecule has 0 N–H and O–H groups in total. The molecule has 0 radical (unpaired) electrons. The quantitative estimate of drug-likeness (QED) is 0.509. The molecule has 0 bridgehead atoms. The second-order valence-electron chi connectivity index (χ2n) is 8.22. The summed E-state index contributed by atoms with van der Waals surface area (Å²) in [5.41, 5.74) is -0.145. The van der Waals surface area contributed by atoms with Crippen molar-refractivity contribution < 1.29 is 22.9 Å². The van der Waals surface area contributed by atoms with Gasteiger partial charge in [-0.2, -0.15) is 13.2 Å². The number of para-hydroxylation sites is 2. The van der Waals surface area contributed by atoms with Gasteiger partial charge in [-0.05, 0) is 31.0 Å². The van der Waals surface area contributed by atoms with E-state index in [-0.39, 0.29) is 17.5 Å². The Morgan fingerprint density at radius 1 is 0.970 bits per heavy atom. The molecule has 176 valence electrons. The number of nitro benzene ring substituents is 1. The summed E-state index contributed by atoms with van der Waals surface area (Å²) in [6, 6.07) is 9.00.